The average Bonchev–Trinajstić information content (AvgIpc) is 2.43. The number of hydrogen-bond donors (Lipinski definition) is 2. The molecule has 0 saturated heterocycles. The third-order valence-electron chi connectivity index (χ3n) is 2.49. The molecular weight excluding hydrogens is 260 g/mol. The molecule has 0 fully saturated rings. The molecule has 106 valence electrons. The van der Waals surface area contributed by atoms with Crippen molar-refractivity contribution in [3.05, 3.63) is 18.1 Å². The van der Waals surface area contributed by atoms with Crippen LogP contribution in [0.2, 0.25) is 0 Å². The van der Waals surface area contributed by atoms with Crippen molar-refractivity contribution < 1.29 is 4.79 Å². The first-order valence-electron chi connectivity index (χ1n) is 6.50. The summed E-state index contributed by atoms with van der Waals surface area (Å²) in [6.07, 6.45) is 6.19. The Morgan fingerprint density at radius 3 is 2.95 bits per heavy atom. The van der Waals surface area contributed by atoms with Gasteiger partial charge in [0, 0.05) is 13.1 Å². The molecule has 1 amide bonds. The molecule has 0 radical (unpaired) electrons. The van der Waals surface area contributed by atoms with Gasteiger partial charge in [-0.25, -0.2) is 4.98 Å². The second-order valence-corrected chi connectivity index (χ2v) is 5.40. The number of thioether (sulfide) groups is 1. The van der Waals surface area contributed by atoms with E-state index in [1.54, 1.807) is 18.0 Å². The predicted octanol–water partition coefficient (Wildman–Crippen LogP) is 2.03. The first-order valence-corrected chi connectivity index (χ1v) is 7.89. The molecule has 5 nitrogen and oxygen atoms in total. The van der Waals surface area contributed by atoms with Crippen LogP contribution in [0.3, 0.4) is 0 Å². The standard InChI is InChI=1S/C13H22N4OS/c1-4-5-15-12-8-14-7-11(17-12)13(18)16-6-10(2)9-19-3/h7-8,10H,4-6,9H2,1-3H3,(H,15,17)(H,16,18). The molecule has 1 aromatic rings. The Hall–Kier alpha value is -1.30. The summed E-state index contributed by atoms with van der Waals surface area (Å²) in [5.41, 5.74) is 0.359. The van der Waals surface area contributed by atoms with Crippen molar-refractivity contribution >= 4 is 23.5 Å². The highest BCUT2D eigenvalue weighted by Crippen LogP contribution is 2.05. The Labute approximate surface area is 119 Å². The summed E-state index contributed by atoms with van der Waals surface area (Å²) in [5.74, 6) is 1.96. The summed E-state index contributed by atoms with van der Waals surface area (Å²) in [5, 5.41) is 6.00. The van der Waals surface area contributed by atoms with Gasteiger partial charge in [0.1, 0.15) is 11.5 Å². The van der Waals surface area contributed by atoms with E-state index in [-0.39, 0.29) is 5.91 Å². The number of nitrogens with one attached hydrogen (secondary N) is 2. The van der Waals surface area contributed by atoms with E-state index in [9.17, 15) is 4.79 Å². The Morgan fingerprint density at radius 2 is 2.26 bits per heavy atom. The zero-order chi connectivity index (χ0) is 14.1. The van der Waals surface area contributed by atoms with Crippen LogP contribution in [0.4, 0.5) is 5.82 Å². The molecule has 1 aromatic heterocycles. The van der Waals surface area contributed by atoms with Crippen LogP contribution in [0.15, 0.2) is 12.4 Å². The number of carbonyl (C=O) groups excluding carboxylic acids is 1. The van der Waals surface area contributed by atoms with E-state index in [1.165, 1.54) is 6.20 Å². The molecule has 19 heavy (non-hydrogen) atoms. The molecule has 0 aromatic carbocycles. The van der Waals surface area contributed by atoms with E-state index < -0.39 is 0 Å². The monoisotopic (exact) mass is 282 g/mol. The van der Waals surface area contributed by atoms with Gasteiger partial charge in [-0.3, -0.25) is 9.78 Å². The van der Waals surface area contributed by atoms with Crippen molar-refractivity contribution in [2.45, 2.75) is 20.3 Å². The predicted molar refractivity (Wildman–Crippen MR) is 80.7 cm³/mol. The fraction of sp³-hybridized carbons (Fsp3) is 0.615. The maximum atomic E-state index is 11.9. The summed E-state index contributed by atoms with van der Waals surface area (Å²) in [4.78, 5) is 20.2. The lowest BCUT2D eigenvalue weighted by Crippen LogP contribution is -2.30. The quantitative estimate of drug-likeness (QED) is 0.763. The second kappa shape index (κ2) is 8.74. The number of carbonyl (C=O) groups is 1. The molecule has 0 saturated carbocycles. The molecule has 6 heteroatoms. The average molecular weight is 282 g/mol. The van der Waals surface area contributed by atoms with Crippen molar-refractivity contribution in [2.75, 3.05) is 30.4 Å². The van der Waals surface area contributed by atoms with Crippen molar-refractivity contribution in [2.24, 2.45) is 5.92 Å². The van der Waals surface area contributed by atoms with E-state index in [4.69, 9.17) is 0 Å². The minimum absolute atomic E-state index is 0.166. The molecule has 1 rings (SSSR count). The van der Waals surface area contributed by atoms with Gasteiger partial charge in [0.25, 0.3) is 5.91 Å². The van der Waals surface area contributed by atoms with Crippen LogP contribution >= 0.6 is 11.8 Å². The van der Waals surface area contributed by atoms with Crippen molar-refractivity contribution in [1.29, 1.82) is 0 Å². The van der Waals surface area contributed by atoms with E-state index >= 15 is 0 Å². The lowest BCUT2D eigenvalue weighted by molar-refractivity contribution is 0.0944. The smallest absolute Gasteiger partial charge is 0.271 e. The number of hydrogen-bond acceptors (Lipinski definition) is 5. The highest BCUT2D eigenvalue weighted by atomic mass is 32.2. The third kappa shape index (κ3) is 5.92. The van der Waals surface area contributed by atoms with E-state index in [2.05, 4.69) is 40.7 Å². The first-order chi connectivity index (χ1) is 9.17. The molecule has 1 atom stereocenters. The van der Waals surface area contributed by atoms with Crippen molar-refractivity contribution in [3.63, 3.8) is 0 Å². The Kier molecular flexibility index (Phi) is 7.25. The van der Waals surface area contributed by atoms with Gasteiger partial charge < -0.3 is 10.6 Å². The van der Waals surface area contributed by atoms with Gasteiger partial charge in [0.05, 0.1) is 12.4 Å². The van der Waals surface area contributed by atoms with Gasteiger partial charge in [-0.1, -0.05) is 13.8 Å². The molecule has 0 spiro atoms. The van der Waals surface area contributed by atoms with Gasteiger partial charge in [-0.2, -0.15) is 11.8 Å². The van der Waals surface area contributed by atoms with E-state index in [0.29, 0.717) is 24.0 Å². The SMILES string of the molecule is CCCNc1cncc(C(=O)NCC(C)CSC)n1. The molecule has 0 bridgehead atoms. The largest absolute Gasteiger partial charge is 0.369 e. The fourth-order valence-electron chi connectivity index (χ4n) is 1.51. The van der Waals surface area contributed by atoms with Crippen LogP contribution in [-0.4, -0.2) is 41.0 Å². The number of anilines is 1. The lowest BCUT2D eigenvalue weighted by Gasteiger charge is -2.11. The minimum Gasteiger partial charge on any atom is -0.369 e. The van der Waals surface area contributed by atoms with E-state index in [0.717, 1.165) is 18.7 Å². The molecular formula is C13H22N4OS. The Morgan fingerprint density at radius 1 is 1.47 bits per heavy atom. The molecule has 0 aliphatic rings. The molecule has 1 heterocycles. The topological polar surface area (TPSA) is 66.9 Å². The van der Waals surface area contributed by atoms with Crippen LogP contribution in [0.25, 0.3) is 0 Å². The maximum absolute atomic E-state index is 11.9. The first kappa shape index (κ1) is 15.8. The minimum atomic E-state index is -0.166. The van der Waals surface area contributed by atoms with Gasteiger partial charge in [-0.15, -0.1) is 0 Å². The zero-order valence-corrected chi connectivity index (χ0v) is 12.6. The molecule has 0 aliphatic heterocycles. The van der Waals surface area contributed by atoms with Gasteiger partial charge in [0.2, 0.25) is 0 Å². The Bertz CT molecular complexity index is 400. The fourth-order valence-corrected chi connectivity index (χ4v) is 2.20. The zero-order valence-electron chi connectivity index (χ0n) is 11.8. The molecule has 2 N–H and O–H groups in total. The third-order valence-corrected chi connectivity index (χ3v) is 3.39. The number of amides is 1. The van der Waals surface area contributed by atoms with Gasteiger partial charge >= 0.3 is 0 Å². The molecule has 0 aliphatic carbocycles. The van der Waals surface area contributed by atoms with Crippen molar-refractivity contribution in [1.82, 2.24) is 15.3 Å². The second-order valence-electron chi connectivity index (χ2n) is 4.49. The summed E-state index contributed by atoms with van der Waals surface area (Å²) in [7, 11) is 0. The summed E-state index contributed by atoms with van der Waals surface area (Å²) in [6, 6.07) is 0. The van der Waals surface area contributed by atoms with Crippen LogP contribution in [0.1, 0.15) is 30.8 Å². The lowest BCUT2D eigenvalue weighted by atomic mass is 10.2. The molecule has 1 unspecified atom stereocenters. The Balaban J connectivity index is 2.51. The van der Waals surface area contributed by atoms with Crippen LogP contribution < -0.4 is 10.6 Å². The number of aromatic nitrogens is 2. The summed E-state index contributed by atoms with van der Waals surface area (Å²) < 4.78 is 0. The maximum Gasteiger partial charge on any atom is 0.271 e. The summed E-state index contributed by atoms with van der Waals surface area (Å²) >= 11 is 1.78. The van der Waals surface area contributed by atoms with Crippen LogP contribution in [0, 0.1) is 5.92 Å². The van der Waals surface area contributed by atoms with Crippen LogP contribution in [0.5, 0.6) is 0 Å². The van der Waals surface area contributed by atoms with Crippen LogP contribution in [-0.2, 0) is 0 Å². The summed E-state index contributed by atoms with van der Waals surface area (Å²) in [6.45, 7) is 5.67. The van der Waals surface area contributed by atoms with Gasteiger partial charge in [-0.05, 0) is 24.3 Å². The highest BCUT2D eigenvalue weighted by molar-refractivity contribution is 7.98. The number of rotatable bonds is 8. The van der Waals surface area contributed by atoms with Crippen molar-refractivity contribution in [3.8, 4) is 0 Å². The van der Waals surface area contributed by atoms with Gasteiger partial charge in [0.15, 0.2) is 0 Å². The van der Waals surface area contributed by atoms with E-state index in [1.807, 2.05) is 0 Å². The highest BCUT2D eigenvalue weighted by Gasteiger charge is 2.10. The normalized spacial score (nSPS) is 11.9. The number of nitrogens with zero attached hydrogens (tertiary/aromatic N) is 2.